The van der Waals surface area contributed by atoms with Gasteiger partial charge in [-0.25, -0.2) is 14.4 Å². The van der Waals surface area contributed by atoms with Crippen LogP contribution in [-0.4, -0.2) is 69.6 Å². The van der Waals surface area contributed by atoms with Gasteiger partial charge in [0.25, 0.3) is 0 Å². The Bertz CT molecular complexity index is 1010. The van der Waals surface area contributed by atoms with E-state index < -0.39 is 42.7 Å². The van der Waals surface area contributed by atoms with E-state index in [1.807, 2.05) is 41.5 Å². The van der Waals surface area contributed by atoms with Crippen LogP contribution >= 0.6 is 0 Å². The van der Waals surface area contributed by atoms with E-state index in [2.05, 4.69) is 5.32 Å². The number of methoxy groups -OCH3 is 1. The maximum atomic E-state index is 12.5. The number of carbonyl (C=O) groups is 4. The highest BCUT2D eigenvalue weighted by Crippen LogP contribution is 2.30. The summed E-state index contributed by atoms with van der Waals surface area (Å²) < 4.78 is 36.2. The van der Waals surface area contributed by atoms with Crippen LogP contribution in [0.25, 0.3) is 0 Å². The van der Waals surface area contributed by atoms with Gasteiger partial charge in [-0.05, 0) is 62.1 Å². The number of nitrogens with one attached hydrogen (secondary N) is 1. The lowest BCUT2D eigenvalue weighted by Crippen LogP contribution is -2.41. The molecule has 0 aromatic heterocycles. The van der Waals surface area contributed by atoms with Crippen LogP contribution < -0.4 is 14.8 Å². The lowest BCUT2D eigenvalue weighted by Gasteiger charge is -2.20. The zero-order valence-corrected chi connectivity index (χ0v) is 26.2. The first-order valence-corrected chi connectivity index (χ1v) is 14.2. The molecule has 1 aromatic rings. The summed E-state index contributed by atoms with van der Waals surface area (Å²) in [6, 6.07) is 3.65. The fraction of sp³-hybridized carbons (Fsp3) is 0.667. The third kappa shape index (κ3) is 14.4. The summed E-state index contributed by atoms with van der Waals surface area (Å²) in [7, 11) is 1.25. The summed E-state index contributed by atoms with van der Waals surface area (Å²) in [5.74, 6) is -0.228. The first kappa shape index (κ1) is 36.5. The third-order valence-corrected chi connectivity index (χ3v) is 6.39. The first-order chi connectivity index (χ1) is 19.7. The second kappa shape index (κ2) is 18.8. The van der Waals surface area contributed by atoms with E-state index >= 15 is 0 Å². The summed E-state index contributed by atoms with van der Waals surface area (Å²) in [5.41, 5.74) is 0.544. The topological polar surface area (TPSA) is 145 Å². The maximum absolute atomic E-state index is 12.5. The van der Waals surface area contributed by atoms with Gasteiger partial charge < -0.3 is 38.5 Å². The van der Waals surface area contributed by atoms with Crippen LogP contribution in [0.1, 0.15) is 67.4 Å². The molecule has 0 amide bonds. The number of esters is 1. The van der Waals surface area contributed by atoms with Gasteiger partial charge in [-0.1, -0.05) is 47.6 Å². The second-order valence-corrected chi connectivity index (χ2v) is 11.0. The highest BCUT2D eigenvalue weighted by atomic mass is 16.8. The summed E-state index contributed by atoms with van der Waals surface area (Å²) in [5, 5.41) is 2.98. The van der Waals surface area contributed by atoms with E-state index in [1.54, 1.807) is 19.9 Å². The molecule has 0 radical (unpaired) electrons. The SMILES string of the molecule is COC(=O)[C@H](Cc1ccc(OC(=O)OC(C)C(C)C)c(OC(=O)OC(C)C(C)C)c1)NCCOC(=O)OCCC(C)C. The Morgan fingerprint density at radius 2 is 1.29 bits per heavy atom. The summed E-state index contributed by atoms with van der Waals surface area (Å²) in [6.07, 6.45) is -2.74. The van der Waals surface area contributed by atoms with Gasteiger partial charge in [0.2, 0.25) is 0 Å². The van der Waals surface area contributed by atoms with Crippen molar-refractivity contribution in [3.05, 3.63) is 23.8 Å². The van der Waals surface area contributed by atoms with Crippen molar-refractivity contribution in [2.24, 2.45) is 17.8 Å². The van der Waals surface area contributed by atoms with Gasteiger partial charge in [0.1, 0.15) is 24.9 Å². The average molecular weight is 598 g/mol. The van der Waals surface area contributed by atoms with Gasteiger partial charge in [0.15, 0.2) is 11.5 Å². The van der Waals surface area contributed by atoms with Crippen LogP contribution in [0.2, 0.25) is 0 Å². The smallest absolute Gasteiger partial charge is 0.468 e. The van der Waals surface area contributed by atoms with Crippen LogP contribution in [0.3, 0.4) is 0 Å². The van der Waals surface area contributed by atoms with E-state index in [4.69, 9.17) is 33.2 Å². The Balaban J connectivity index is 3.00. The predicted molar refractivity (Wildman–Crippen MR) is 154 cm³/mol. The minimum Gasteiger partial charge on any atom is -0.468 e. The van der Waals surface area contributed by atoms with E-state index in [0.717, 1.165) is 6.42 Å². The molecule has 0 bridgehead atoms. The predicted octanol–water partition coefficient (Wildman–Crippen LogP) is 5.68. The Morgan fingerprint density at radius 3 is 1.81 bits per heavy atom. The number of benzene rings is 1. The van der Waals surface area contributed by atoms with Gasteiger partial charge in [-0.15, -0.1) is 0 Å². The molecule has 238 valence electrons. The minimum atomic E-state index is -0.984. The first-order valence-electron chi connectivity index (χ1n) is 14.2. The molecule has 0 saturated carbocycles. The molecule has 1 N–H and O–H groups in total. The number of hydrogen-bond donors (Lipinski definition) is 1. The van der Waals surface area contributed by atoms with Crippen molar-refractivity contribution in [1.82, 2.24) is 5.32 Å². The molecule has 1 aromatic carbocycles. The van der Waals surface area contributed by atoms with Gasteiger partial charge in [0, 0.05) is 6.54 Å². The molecule has 42 heavy (non-hydrogen) atoms. The van der Waals surface area contributed by atoms with E-state index in [9.17, 15) is 19.2 Å². The highest BCUT2D eigenvalue weighted by molar-refractivity contribution is 5.76. The number of rotatable bonds is 16. The maximum Gasteiger partial charge on any atom is 0.514 e. The van der Waals surface area contributed by atoms with Gasteiger partial charge in [-0.2, -0.15) is 0 Å². The van der Waals surface area contributed by atoms with Crippen molar-refractivity contribution in [1.29, 1.82) is 0 Å². The monoisotopic (exact) mass is 597 g/mol. The lowest BCUT2D eigenvalue weighted by molar-refractivity contribution is -0.143. The molecular formula is C30H47NO11. The third-order valence-electron chi connectivity index (χ3n) is 6.39. The molecule has 2 unspecified atom stereocenters. The van der Waals surface area contributed by atoms with Crippen LogP contribution in [0.15, 0.2) is 18.2 Å². The summed E-state index contributed by atoms with van der Waals surface area (Å²) in [6.45, 7) is 15.4. The van der Waals surface area contributed by atoms with Crippen LogP contribution in [0, 0.1) is 17.8 Å². The van der Waals surface area contributed by atoms with Crippen LogP contribution in [-0.2, 0) is 34.9 Å². The molecule has 12 heteroatoms. The zero-order valence-electron chi connectivity index (χ0n) is 26.2. The molecule has 0 fully saturated rings. The quantitative estimate of drug-likeness (QED) is 0.108. The average Bonchev–Trinajstić information content (AvgIpc) is 2.90. The van der Waals surface area contributed by atoms with E-state index in [-0.39, 0.29) is 49.5 Å². The Labute approximate surface area is 248 Å². The highest BCUT2D eigenvalue weighted by Gasteiger charge is 2.24. The Kier molecular flexibility index (Phi) is 16.3. The summed E-state index contributed by atoms with van der Waals surface area (Å²) in [4.78, 5) is 49.0. The lowest BCUT2D eigenvalue weighted by atomic mass is 10.1. The van der Waals surface area contributed by atoms with Crippen molar-refractivity contribution >= 4 is 24.4 Å². The largest absolute Gasteiger partial charge is 0.514 e. The fourth-order valence-corrected chi connectivity index (χ4v) is 3.05. The number of ether oxygens (including phenoxy) is 7. The molecule has 12 nitrogen and oxygen atoms in total. The van der Waals surface area contributed by atoms with Crippen molar-refractivity contribution in [3.63, 3.8) is 0 Å². The van der Waals surface area contributed by atoms with E-state index in [0.29, 0.717) is 11.5 Å². The van der Waals surface area contributed by atoms with Crippen LogP contribution in [0.5, 0.6) is 11.5 Å². The molecule has 0 aliphatic rings. The van der Waals surface area contributed by atoms with Crippen molar-refractivity contribution < 1.29 is 52.3 Å². The standard InChI is InChI=1S/C30H47NO11/c1-18(2)12-14-37-28(33)38-15-13-31-24(27(32)36-9)16-23-10-11-25(41-29(34)39-21(7)19(3)4)26(17-23)42-30(35)40-22(8)20(5)6/h10-11,17-22,24,31H,12-16H2,1-9H3/t21?,22?,24-/m0/s1. The molecule has 0 aliphatic heterocycles. The molecule has 0 heterocycles. The fourth-order valence-electron chi connectivity index (χ4n) is 3.05. The minimum absolute atomic E-state index is 0.0358. The molecular weight excluding hydrogens is 550 g/mol. The molecule has 3 atom stereocenters. The Morgan fingerprint density at radius 1 is 0.738 bits per heavy atom. The van der Waals surface area contributed by atoms with E-state index in [1.165, 1.54) is 19.2 Å². The molecule has 1 rings (SSSR count). The second-order valence-electron chi connectivity index (χ2n) is 11.0. The van der Waals surface area contributed by atoms with Gasteiger partial charge in [-0.3, -0.25) is 4.79 Å². The normalized spacial score (nSPS) is 13.2. The zero-order chi connectivity index (χ0) is 31.8. The number of carbonyl (C=O) groups excluding carboxylic acids is 4. The molecule has 0 spiro atoms. The Hall–Kier alpha value is -3.54. The van der Waals surface area contributed by atoms with Crippen LogP contribution in [0.4, 0.5) is 14.4 Å². The molecule has 0 saturated heterocycles. The molecule has 0 aliphatic carbocycles. The van der Waals surface area contributed by atoms with Gasteiger partial charge >= 0.3 is 24.4 Å². The number of hydrogen-bond acceptors (Lipinski definition) is 12. The van der Waals surface area contributed by atoms with Gasteiger partial charge in [0.05, 0.1) is 13.7 Å². The van der Waals surface area contributed by atoms with Crippen molar-refractivity contribution in [3.8, 4) is 11.5 Å². The summed E-state index contributed by atoms with van der Waals surface area (Å²) >= 11 is 0. The van der Waals surface area contributed by atoms with Crippen molar-refractivity contribution in [2.45, 2.75) is 86.5 Å². The van der Waals surface area contributed by atoms with Crippen molar-refractivity contribution in [2.75, 3.05) is 26.9 Å².